The molecule has 0 bridgehead atoms. The van der Waals surface area contributed by atoms with E-state index in [0.717, 1.165) is 19.3 Å². The minimum absolute atomic E-state index is 0.0837. The molecule has 0 aromatic heterocycles. The molecule has 30 heavy (non-hydrogen) atoms. The summed E-state index contributed by atoms with van der Waals surface area (Å²) in [4.78, 5) is 29.0. The number of ether oxygens (including phenoxy) is 1. The smallest absolute Gasteiger partial charge is 0.265 e. The molecule has 1 saturated heterocycles. The van der Waals surface area contributed by atoms with Crippen molar-refractivity contribution in [3.8, 4) is 5.75 Å². The quantitative estimate of drug-likeness (QED) is 0.681. The number of carbonyl (C=O) groups excluding carboxylic acids is 2. The maximum Gasteiger partial charge on any atom is 0.265 e. The lowest BCUT2D eigenvalue weighted by Gasteiger charge is -2.40. The summed E-state index contributed by atoms with van der Waals surface area (Å²) in [5.74, 6) is -0.0842. The van der Waals surface area contributed by atoms with Gasteiger partial charge in [0, 0.05) is 25.2 Å². The molecule has 0 spiro atoms. The first-order valence-electron chi connectivity index (χ1n) is 10.6. The van der Waals surface area contributed by atoms with Crippen LogP contribution in [0.1, 0.15) is 47.0 Å². The first-order valence-corrected chi connectivity index (χ1v) is 12.0. The van der Waals surface area contributed by atoms with Crippen LogP contribution in [0.2, 0.25) is 0 Å². The molecule has 9 heteroatoms. The number of piperidine rings is 1. The van der Waals surface area contributed by atoms with Gasteiger partial charge in [0.05, 0.1) is 10.6 Å². The average molecular weight is 438 g/mol. The molecule has 2 unspecified atom stereocenters. The van der Waals surface area contributed by atoms with Crippen molar-refractivity contribution in [3.05, 3.63) is 18.2 Å². The maximum absolute atomic E-state index is 13.1. The van der Waals surface area contributed by atoms with E-state index in [1.165, 1.54) is 21.3 Å². The number of hydrogen-bond acceptors (Lipinski definition) is 5. The number of amides is 2. The van der Waals surface area contributed by atoms with Crippen LogP contribution in [0.4, 0.5) is 5.69 Å². The Bertz CT molecular complexity index is 903. The highest BCUT2D eigenvalue weighted by Gasteiger charge is 2.34. The van der Waals surface area contributed by atoms with Gasteiger partial charge in [-0.15, -0.1) is 0 Å². The van der Waals surface area contributed by atoms with Gasteiger partial charge in [-0.3, -0.25) is 14.5 Å². The summed E-state index contributed by atoms with van der Waals surface area (Å²) in [5, 5.41) is 0. The van der Waals surface area contributed by atoms with Gasteiger partial charge in [-0.05, 0) is 51.3 Å². The molecule has 0 N–H and O–H groups in total. The second-order valence-corrected chi connectivity index (χ2v) is 9.86. The Morgan fingerprint density at radius 2 is 1.80 bits per heavy atom. The maximum atomic E-state index is 13.1. The van der Waals surface area contributed by atoms with E-state index in [9.17, 15) is 18.0 Å². The molecule has 2 heterocycles. The first-order chi connectivity index (χ1) is 14.2. The van der Waals surface area contributed by atoms with Crippen molar-refractivity contribution in [1.29, 1.82) is 0 Å². The first kappa shape index (κ1) is 22.6. The van der Waals surface area contributed by atoms with E-state index in [-0.39, 0.29) is 41.9 Å². The summed E-state index contributed by atoms with van der Waals surface area (Å²) >= 11 is 0. The van der Waals surface area contributed by atoms with Crippen molar-refractivity contribution in [2.75, 3.05) is 31.1 Å². The second-order valence-electron chi connectivity index (χ2n) is 7.92. The third kappa shape index (κ3) is 4.18. The van der Waals surface area contributed by atoms with Crippen LogP contribution in [0, 0.1) is 0 Å². The number of sulfonamides is 1. The predicted octanol–water partition coefficient (Wildman–Crippen LogP) is 2.23. The number of likely N-dealkylation sites (tertiary alicyclic amines) is 1. The van der Waals surface area contributed by atoms with Gasteiger partial charge in [-0.1, -0.05) is 13.8 Å². The Hall–Kier alpha value is -2.13. The molecule has 0 saturated carbocycles. The second kappa shape index (κ2) is 8.93. The molecule has 2 atom stereocenters. The van der Waals surface area contributed by atoms with Crippen LogP contribution in [0.25, 0.3) is 0 Å². The van der Waals surface area contributed by atoms with Crippen LogP contribution < -0.4 is 9.64 Å². The van der Waals surface area contributed by atoms with Crippen LogP contribution in [-0.4, -0.2) is 67.8 Å². The topological polar surface area (TPSA) is 87.2 Å². The van der Waals surface area contributed by atoms with Crippen LogP contribution in [0.15, 0.2) is 23.1 Å². The zero-order chi connectivity index (χ0) is 22.1. The van der Waals surface area contributed by atoms with Gasteiger partial charge in [0.2, 0.25) is 15.9 Å². The number of anilines is 1. The molecule has 1 aromatic carbocycles. The van der Waals surface area contributed by atoms with E-state index in [1.807, 2.05) is 18.7 Å². The van der Waals surface area contributed by atoms with Crippen LogP contribution in [0.5, 0.6) is 5.75 Å². The van der Waals surface area contributed by atoms with Gasteiger partial charge in [-0.25, -0.2) is 8.42 Å². The number of benzene rings is 1. The molecule has 1 fully saturated rings. The highest BCUT2D eigenvalue weighted by molar-refractivity contribution is 7.89. The van der Waals surface area contributed by atoms with Crippen molar-refractivity contribution in [2.45, 2.75) is 63.9 Å². The van der Waals surface area contributed by atoms with Crippen molar-refractivity contribution >= 4 is 27.5 Å². The zero-order valence-corrected chi connectivity index (χ0v) is 18.9. The molecule has 2 aliphatic rings. The van der Waals surface area contributed by atoms with Gasteiger partial charge in [-0.2, -0.15) is 4.31 Å². The van der Waals surface area contributed by atoms with E-state index in [2.05, 4.69) is 0 Å². The summed E-state index contributed by atoms with van der Waals surface area (Å²) in [6.45, 7) is 7.99. The van der Waals surface area contributed by atoms with E-state index in [0.29, 0.717) is 24.5 Å². The van der Waals surface area contributed by atoms with Gasteiger partial charge in [0.15, 0.2) is 6.61 Å². The Kier molecular flexibility index (Phi) is 6.71. The minimum Gasteiger partial charge on any atom is -0.482 e. The Morgan fingerprint density at radius 1 is 1.17 bits per heavy atom. The van der Waals surface area contributed by atoms with Crippen LogP contribution in [-0.2, 0) is 19.6 Å². The summed E-state index contributed by atoms with van der Waals surface area (Å²) in [7, 11) is -3.70. The van der Waals surface area contributed by atoms with E-state index < -0.39 is 10.0 Å². The number of carbonyl (C=O) groups is 2. The molecule has 2 aliphatic heterocycles. The lowest BCUT2D eigenvalue weighted by Crippen LogP contribution is -2.53. The van der Waals surface area contributed by atoms with Crippen LogP contribution >= 0.6 is 0 Å². The number of rotatable bonds is 6. The molecule has 8 nitrogen and oxygen atoms in total. The van der Waals surface area contributed by atoms with Crippen LogP contribution in [0.3, 0.4) is 0 Å². The predicted molar refractivity (Wildman–Crippen MR) is 114 cm³/mol. The summed E-state index contributed by atoms with van der Waals surface area (Å²) in [5.41, 5.74) is 0.324. The van der Waals surface area contributed by atoms with E-state index in [1.54, 1.807) is 19.9 Å². The fourth-order valence-electron chi connectivity index (χ4n) is 4.36. The monoisotopic (exact) mass is 437 g/mol. The number of fused-ring (bicyclic) bond motifs is 1. The minimum atomic E-state index is -3.70. The lowest BCUT2D eigenvalue weighted by molar-refractivity contribution is -0.137. The van der Waals surface area contributed by atoms with Crippen molar-refractivity contribution in [1.82, 2.24) is 9.21 Å². The SMILES string of the molecule is CCN(CC)S(=O)(=O)c1ccc2c(c1)N(CC(=O)N1C(C)CCCC1C)C(=O)CO2. The van der Waals surface area contributed by atoms with Crippen molar-refractivity contribution < 1.29 is 22.7 Å². The zero-order valence-electron chi connectivity index (χ0n) is 18.1. The standard InChI is InChI=1S/C21H31N3O5S/c1-5-22(6-2)30(27,28)17-10-11-19-18(12-17)23(21(26)14-29-19)13-20(25)24-15(3)8-7-9-16(24)4/h10-12,15-16H,5-9,13-14H2,1-4H3. The third-order valence-electron chi connectivity index (χ3n) is 5.99. The average Bonchev–Trinajstić information content (AvgIpc) is 2.70. The molecule has 0 aliphatic carbocycles. The molecule has 3 rings (SSSR count). The highest BCUT2D eigenvalue weighted by atomic mass is 32.2. The van der Waals surface area contributed by atoms with Gasteiger partial charge in [0.1, 0.15) is 12.3 Å². The molecular weight excluding hydrogens is 406 g/mol. The Balaban J connectivity index is 1.93. The molecule has 1 aromatic rings. The summed E-state index contributed by atoms with van der Waals surface area (Å²) in [6.07, 6.45) is 2.96. The Labute approximate surface area is 178 Å². The number of nitrogens with zero attached hydrogens (tertiary/aromatic N) is 3. The molecule has 166 valence electrons. The molecule has 0 radical (unpaired) electrons. The van der Waals surface area contributed by atoms with Gasteiger partial charge >= 0.3 is 0 Å². The molecule has 2 amide bonds. The summed E-state index contributed by atoms with van der Waals surface area (Å²) < 4.78 is 32.7. The lowest BCUT2D eigenvalue weighted by atomic mass is 9.97. The van der Waals surface area contributed by atoms with E-state index in [4.69, 9.17) is 4.74 Å². The summed E-state index contributed by atoms with van der Waals surface area (Å²) in [6, 6.07) is 4.72. The van der Waals surface area contributed by atoms with Crippen molar-refractivity contribution in [2.24, 2.45) is 0 Å². The number of hydrogen-bond donors (Lipinski definition) is 0. The third-order valence-corrected chi connectivity index (χ3v) is 8.04. The van der Waals surface area contributed by atoms with Gasteiger partial charge in [0.25, 0.3) is 5.91 Å². The van der Waals surface area contributed by atoms with Gasteiger partial charge < -0.3 is 9.64 Å². The Morgan fingerprint density at radius 3 is 2.40 bits per heavy atom. The normalized spacial score (nSPS) is 22.1. The van der Waals surface area contributed by atoms with E-state index >= 15 is 0 Å². The van der Waals surface area contributed by atoms with Crippen molar-refractivity contribution in [3.63, 3.8) is 0 Å². The highest BCUT2D eigenvalue weighted by Crippen LogP contribution is 2.35. The fraction of sp³-hybridized carbons (Fsp3) is 0.619. The fourth-order valence-corrected chi connectivity index (χ4v) is 5.84. The largest absolute Gasteiger partial charge is 0.482 e. The molecular formula is C21H31N3O5S.